The summed E-state index contributed by atoms with van der Waals surface area (Å²) in [5, 5.41) is 1.62. The summed E-state index contributed by atoms with van der Waals surface area (Å²) in [6, 6.07) is 34.0. The van der Waals surface area contributed by atoms with Crippen molar-refractivity contribution >= 4 is 24.7 Å². The van der Waals surface area contributed by atoms with Crippen LogP contribution in [-0.4, -0.2) is 60.8 Å². The van der Waals surface area contributed by atoms with Gasteiger partial charge in [-0.25, -0.2) is 4.79 Å². The maximum atomic E-state index is 14.9. The Balaban J connectivity index is 1.69. The van der Waals surface area contributed by atoms with Gasteiger partial charge in [-0.2, -0.15) is 13.2 Å². The Hall–Kier alpha value is -4.26. The SMILES string of the molecule is C=CC[C@H](OC(=O)C(OC)(c1ccccc1)C(F)(F)F)[C@@H](COCOCc1ccc(OC)cc1)CO[Si](c1ccccc1)(c1ccccc1)C(C)(C)C. The largest absolute Gasteiger partial charge is 0.497 e. The molecular weight excluding hydrogens is 702 g/mol. The third-order valence-corrected chi connectivity index (χ3v) is 14.2. The minimum atomic E-state index is -5.15. The van der Waals surface area contributed by atoms with Gasteiger partial charge < -0.3 is 28.1 Å². The Kier molecular flexibility index (Phi) is 14.6. The van der Waals surface area contributed by atoms with E-state index >= 15 is 0 Å². The highest BCUT2D eigenvalue weighted by molar-refractivity contribution is 6.99. The number of carbonyl (C=O) groups excluding carboxylic acids is 1. The molecule has 4 rings (SSSR count). The lowest BCUT2D eigenvalue weighted by atomic mass is 9.92. The molecule has 0 heterocycles. The average Bonchev–Trinajstić information content (AvgIpc) is 3.15. The number of esters is 1. The molecule has 0 spiro atoms. The highest BCUT2D eigenvalue weighted by atomic mass is 28.4. The number of hydrogen-bond donors (Lipinski definition) is 0. The second kappa shape index (κ2) is 18.7. The van der Waals surface area contributed by atoms with Gasteiger partial charge in [-0.15, -0.1) is 6.58 Å². The van der Waals surface area contributed by atoms with E-state index in [1.165, 1.54) is 30.3 Å². The molecule has 0 saturated carbocycles. The molecular formula is C42H49F3O7Si. The van der Waals surface area contributed by atoms with E-state index in [0.717, 1.165) is 23.0 Å². The minimum absolute atomic E-state index is 0.0169. The van der Waals surface area contributed by atoms with Crippen molar-refractivity contribution in [3.05, 3.63) is 139 Å². The van der Waals surface area contributed by atoms with E-state index in [4.69, 9.17) is 28.1 Å². The van der Waals surface area contributed by atoms with Crippen LogP contribution >= 0.6 is 0 Å². The number of carbonyl (C=O) groups is 1. The lowest BCUT2D eigenvalue weighted by Gasteiger charge is -2.44. The molecule has 53 heavy (non-hydrogen) atoms. The molecule has 0 saturated heterocycles. The van der Waals surface area contributed by atoms with Crippen LogP contribution in [-0.2, 0) is 40.4 Å². The Morgan fingerprint density at radius 2 is 1.32 bits per heavy atom. The van der Waals surface area contributed by atoms with Crippen molar-refractivity contribution in [2.75, 3.05) is 34.2 Å². The van der Waals surface area contributed by atoms with Crippen LogP contribution in [0.1, 0.15) is 38.3 Å². The lowest BCUT2D eigenvalue weighted by Crippen LogP contribution is -2.67. The van der Waals surface area contributed by atoms with Crippen LogP contribution in [0.15, 0.2) is 128 Å². The monoisotopic (exact) mass is 750 g/mol. The normalized spacial score (nSPS) is 14.5. The van der Waals surface area contributed by atoms with E-state index < -0.39 is 48.7 Å². The summed E-state index contributed by atoms with van der Waals surface area (Å²) in [6.45, 7) is 10.2. The first-order chi connectivity index (χ1) is 25.3. The molecule has 4 aromatic rings. The van der Waals surface area contributed by atoms with Gasteiger partial charge >= 0.3 is 12.1 Å². The summed E-state index contributed by atoms with van der Waals surface area (Å²) in [7, 11) is -0.690. The number of methoxy groups -OCH3 is 2. The zero-order chi connectivity index (χ0) is 38.5. The van der Waals surface area contributed by atoms with Crippen molar-refractivity contribution in [1.29, 1.82) is 0 Å². The zero-order valence-electron chi connectivity index (χ0n) is 30.9. The summed E-state index contributed by atoms with van der Waals surface area (Å²) < 4.78 is 79.8. The van der Waals surface area contributed by atoms with Crippen molar-refractivity contribution in [3.8, 4) is 5.75 Å². The molecule has 284 valence electrons. The van der Waals surface area contributed by atoms with Crippen LogP contribution in [0.25, 0.3) is 0 Å². The van der Waals surface area contributed by atoms with Crippen LogP contribution in [0, 0.1) is 5.92 Å². The number of halogens is 3. The van der Waals surface area contributed by atoms with Crippen molar-refractivity contribution in [1.82, 2.24) is 0 Å². The summed E-state index contributed by atoms with van der Waals surface area (Å²) in [5.74, 6) is -1.63. The first-order valence-electron chi connectivity index (χ1n) is 17.4. The molecule has 0 bridgehead atoms. The zero-order valence-corrected chi connectivity index (χ0v) is 31.9. The molecule has 1 unspecified atom stereocenters. The number of benzene rings is 4. The van der Waals surface area contributed by atoms with Gasteiger partial charge in [0.05, 0.1) is 20.3 Å². The smallest absolute Gasteiger partial charge is 0.432 e. The van der Waals surface area contributed by atoms with Crippen LogP contribution in [0.2, 0.25) is 5.04 Å². The van der Waals surface area contributed by atoms with Crippen molar-refractivity contribution in [2.45, 2.75) is 56.7 Å². The molecule has 0 fully saturated rings. The number of alkyl halides is 3. The van der Waals surface area contributed by atoms with E-state index in [-0.39, 0.29) is 33.0 Å². The van der Waals surface area contributed by atoms with Gasteiger partial charge in [0.1, 0.15) is 18.6 Å². The van der Waals surface area contributed by atoms with Crippen molar-refractivity contribution < 1.29 is 46.1 Å². The van der Waals surface area contributed by atoms with Crippen LogP contribution in [0.5, 0.6) is 5.75 Å². The quantitative estimate of drug-likeness (QED) is 0.0317. The second-order valence-corrected chi connectivity index (χ2v) is 17.9. The molecule has 0 amide bonds. The molecule has 0 N–H and O–H groups in total. The molecule has 3 atom stereocenters. The summed E-state index contributed by atoms with van der Waals surface area (Å²) in [6.07, 6.45) is -4.77. The van der Waals surface area contributed by atoms with Crippen LogP contribution in [0.4, 0.5) is 13.2 Å². The highest BCUT2D eigenvalue weighted by Crippen LogP contribution is 2.44. The fourth-order valence-corrected chi connectivity index (χ4v) is 11.1. The topological polar surface area (TPSA) is 72.5 Å². The second-order valence-electron chi connectivity index (χ2n) is 13.6. The molecule has 0 radical (unpaired) electrons. The first-order valence-corrected chi connectivity index (χ1v) is 19.3. The molecule has 0 aliphatic heterocycles. The Labute approximate surface area is 311 Å². The molecule has 0 aliphatic carbocycles. The Morgan fingerprint density at radius 3 is 1.79 bits per heavy atom. The van der Waals surface area contributed by atoms with Gasteiger partial charge in [0.15, 0.2) is 0 Å². The minimum Gasteiger partial charge on any atom is -0.497 e. The fourth-order valence-electron chi connectivity index (χ4n) is 6.50. The van der Waals surface area contributed by atoms with Gasteiger partial charge in [0.2, 0.25) is 0 Å². The maximum absolute atomic E-state index is 14.9. The van der Waals surface area contributed by atoms with E-state index in [0.29, 0.717) is 5.75 Å². The molecule has 7 nitrogen and oxygen atoms in total. The lowest BCUT2D eigenvalue weighted by molar-refractivity contribution is -0.279. The Morgan fingerprint density at radius 1 is 0.774 bits per heavy atom. The molecule has 0 aliphatic rings. The average molecular weight is 751 g/mol. The van der Waals surface area contributed by atoms with E-state index in [2.05, 4.69) is 27.4 Å². The molecule has 11 heteroatoms. The molecule has 4 aromatic carbocycles. The Bertz CT molecular complexity index is 1660. The predicted molar refractivity (Wildman–Crippen MR) is 202 cm³/mol. The predicted octanol–water partition coefficient (Wildman–Crippen LogP) is 7.97. The summed E-state index contributed by atoms with van der Waals surface area (Å²) in [5.41, 5.74) is -2.89. The maximum Gasteiger partial charge on any atom is 0.432 e. The first kappa shape index (κ1) is 41.5. The van der Waals surface area contributed by atoms with E-state index in [9.17, 15) is 18.0 Å². The van der Waals surface area contributed by atoms with Gasteiger partial charge in [-0.1, -0.05) is 130 Å². The number of ether oxygens (including phenoxy) is 5. The number of hydrogen-bond acceptors (Lipinski definition) is 7. The van der Waals surface area contributed by atoms with Gasteiger partial charge in [0, 0.05) is 31.6 Å². The third-order valence-electron chi connectivity index (χ3n) is 9.21. The fraction of sp³-hybridized carbons (Fsp3) is 0.357. The molecule has 0 aromatic heterocycles. The third kappa shape index (κ3) is 9.65. The van der Waals surface area contributed by atoms with Crippen LogP contribution < -0.4 is 15.1 Å². The van der Waals surface area contributed by atoms with Gasteiger partial charge in [0.25, 0.3) is 13.9 Å². The highest BCUT2D eigenvalue weighted by Gasteiger charge is 2.64. The van der Waals surface area contributed by atoms with E-state index in [1.54, 1.807) is 13.2 Å². The van der Waals surface area contributed by atoms with Crippen molar-refractivity contribution in [3.63, 3.8) is 0 Å². The number of rotatable bonds is 19. The van der Waals surface area contributed by atoms with Gasteiger partial charge in [-0.05, 0) is 33.1 Å². The summed E-state index contributed by atoms with van der Waals surface area (Å²) >= 11 is 0. The van der Waals surface area contributed by atoms with Crippen LogP contribution in [0.3, 0.4) is 0 Å². The van der Waals surface area contributed by atoms with Gasteiger partial charge in [-0.3, -0.25) is 0 Å². The standard InChI is InChI=1S/C42H49F3O7Si/c1-7-17-38(52-39(46)41(48-6,42(43,44)45)34-18-11-8-12-19-34)33(29-50-31-49-28-32-24-26-35(47-5)27-25-32)30-51-53(40(2,3)4,36-20-13-9-14-21-36)37-22-15-10-16-23-37/h7-16,18-27,33,38H,1,17,28-31H2,2-6H3/t33-,38-,41?/m0/s1. The van der Waals surface area contributed by atoms with Crippen molar-refractivity contribution in [2.24, 2.45) is 5.92 Å². The summed E-state index contributed by atoms with van der Waals surface area (Å²) in [4.78, 5) is 13.9. The van der Waals surface area contributed by atoms with E-state index in [1.807, 2.05) is 84.9 Å².